The maximum atomic E-state index is 11.3. The minimum atomic E-state index is -0.657. The van der Waals surface area contributed by atoms with Gasteiger partial charge in [-0.05, 0) is 26.0 Å². The van der Waals surface area contributed by atoms with E-state index in [-0.39, 0.29) is 22.6 Å². The number of carbonyl (C=O) groups is 2. The summed E-state index contributed by atoms with van der Waals surface area (Å²) in [5, 5.41) is 0. The largest absolute Gasteiger partial charge is 0.489 e. The molecule has 18 heavy (non-hydrogen) atoms. The van der Waals surface area contributed by atoms with Crippen molar-refractivity contribution in [2.24, 2.45) is 11.5 Å². The lowest BCUT2D eigenvalue weighted by Gasteiger charge is -2.16. The maximum absolute atomic E-state index is 11.3. The number of benzene rings is 1. The van der Waals surface area contributed by atoms with Crippen LogP contribution in [0.5, 0.6) is 11.5 Å². The number of hydrogen-bond acceptors (Lipinski definition) is 4. The summed E-state index contributed by atoms with van der Waals surface area (Å²) in [5.41, 5.74) is 10.8. The van der Waals surface area contributed by atoms with Crippen LogP contribution in [0, 0.1) is 0 Å². The van der Waals surface area contributed by atoms with Crippen molar-refractivity contribution >= 4 is 11.8 Å². The molecule has 0 bridgehead atoms. The topological polar surface area (TPSA) is 105 Å². The molecule has 6 heteroatoms. The summed E-state index contributed by atoms with van der Waals surface area (Å²) in [6, 6.07) is 2.80. The summed E-state index contributed by atoms with van der Waals surface area (Å²) in [6.45, 7) is 4.11. The Bertz CT molecular complexity index is 428. The van der Waals surface area contributed by atoms with Crippen LogP contribution in [0.3, 0.4) is 0 Å². The first-order valence-corrected chi connectivity index (χ1v) is 5.55. The molecule has 0 aromatic heterocycles. The van der Waals surface area contributed by atoms with E-state index in [1.807, 2.05) is 0 Å². The molecule has 0 saturated heterocycles. The van der Waals surface area contributed by atoms with Gasteiger partial charge in [0.2, 0.25) is 0 Å². The van der Waals surface area contributed by atoms with E-state index < -0.39 is 11.8 Å². The molecule has 98 valence electrons. The van der Waals surface area contributed by atoms with Crippen molar-refractivity contribution in [2.45, 2.75) is 13.8 Å². The fourth-order valence-corrected chi connectivity index (χ4v) is 1.53. The minimum Gasteiger partial charge on any atom is -0.489 e. The van der Waals surface area contributed by atoms with Crippen molar-refractivity contribution in [3.8, 4) is 11.5 Å². The number of primary amides is 2. The molecule has 1 aromatic carbocycles. The van der Waals surface area contributed by atoms with E-state index in [1.54, 1.807) is 13.8 Å². The highest BCUT2D eigenvalue weighted by molar-refractivity contribution is 6.02. The third kappa shape index (κ3) is 2.71. The van der Waals surface area contributed by atoms with Crippen LogP contribution in [0.1, 0.15) is 34.6 Å². The first kappa shape index (κ1) is 13.8. The molecule has 0 fully saturated rings. The van der Waals surface area contributed by atoms with Gasteiger partial charge in [-0.1, -0.05) is 0 Å². The zero-order chi connectivity index (χ0) is 13.7. The second-order valence-electron chi connectivity index (χ2n) is 3.41. The Morgan fingerprint density at radius 3 is 1.50 bits per heavy atom. The SMILES string of the molecule is CCOc1c(C(N)=O)ccc(C(N)=O)c1OCC. The summed E-state index contributed by atoms with van der Waals surface area (Å²) in [5.74, 6) is -1.00. The number of carbonyl (C=O) groups excluding carboxylic acids is 2. The number of amides is 2. The van der Waals surface area contributed by atoms with Gasteiger partial charge < -0.3 is 20.9 Å². The lowest BCUT2D eigenvalue weighted by atomic mass is 10.1. The summed E-state index contributed by atoms with van der Waals surface area (Å²) in [7, 11) is 0. The van der Waals surface area contributed by atoms with Gasteiger partial charge >= 0.3 is 0 Å². The van der Waals surface area contributed by atoms with Gasteiger partial charge in [0.05, 0.1) is 24.3 Å². The third-order valence-corrected chi connectivity index (χ3v) is 2.22. The summed E-state index contributed by atoms with van der Waals surface area (Å²) in [4.78, 5) is 22.6. The zero-order valence-electron chi connectivity index (χ0n) is 10.4. The fraction of sp³-hybridized carbons (Fsp3) is 0.333. The Hall–Kier alpha value is -2.24. The molecular weight excluding hydrogens is 236 g/mol. The molecule has 0 aliphatic rings. The molecule has 0 heterocycles. The number of hydrogen-bond donors (Lipinski definition) is 2. The van der Waals surface area contributed by atoms with Gasteiger partial charge in [-0.15, -0.1) is 0 Å². The predicted octanol–water partition coefficient (Wildman–Crippen LogP) is 0.682. The van der Waals surface area contributed by atoms with Gasteiger partial charge in [0.1, 0.15) is 0 Å². The first-order valence-electron chi connectivity index (χ1n) is 5.55. The van der Waals surface area contributed by atoms with Crippen LogP contribution < -0.4 is 20.9 Å². The molecule has 0 radical (unpaired) electrons. The minimum absolute atomic E-state index is 0.156. The second kappa shape index (κ2) is 5.90. The summed E-state index contributed by atoms with van der Waals surface area (Å²) < 4.78 is 10.7. The number of ether oxygens (including phenoxy) is 2. The highest BCUT2D eigenvalue weighted by atomic mass is 16.5. The molecule has 6 nitrogen and oxygen atoms in total. The normalized spacial score (nSPS) is 9.89. The van der Waals surface area contributed by atoms with Crippen molar-refractivity contribution in [1.82, 2.24) is 0 Å². The third-order valence-electron chi connectivity index (χ3n) is 2.22. The number of rotatable bonds is 6. The van der Waals surface area contributed by atoms with E-state index >= 15 is 0 Å². The fourth-order valence-electron chi connectivity index (χ4n) is 1.53. The maximum Gasteiger partial charge on any atom is 0.252 e. The standard InChI is InChI=1S/C12H16N2O4/c1-3-17-9-7(11(13)15)5-6-8(12(14)16)10(9)18-4-2/h5-6H,3-4H2,1-2H3,(H2,13,15)(H2,14,16). The average molecular weight is 252 g/mol. The molecule has 2 amide bonds. The summed E-state index contributed by atoms with van der Waals surface area (Å²) >= 11 is 0. The van der Waals surface area contributed by atoms with Gasteiger partial charge in [-0.2, -0.15) is 0 Å². The molecule has 0 aliphatic heterocycles. The van der Waals surface area contributed by atoms with Gasteiger partial charge in [0.15, 0.2) is 11.5 Å². The van der Waals surface area contributed by atoms with E-state index in [2.05, 4.69) is 0 Å². The Balaban J connectivity index is 3.48. The van der Waals surface area contributed by atoms with Gasteiger partial charge in [0.25, 0.3) is 11.8 Å². The smallest absolute Gasteiger partial charge is 0.252 e. The molecule has 0 unspecified atom stereocenters. The van der Waals surface area contributed by atoms with Crippen LogP contribution in [0.2, 0.25) is 0 Å². The predicted molar refractivity (Wildman–Crippen MR) is 65.8 cm³/mol. The monoisotopic (exact) mass is 252 g/mol. The summed E-state index contributed by atoms with van der Waals surface area (Å²) in [6.07, 6.45) is 0. The van der Waals surface area contributed by atoms with Crippen LogP contribution >= 0.6 is 0 Å². The van der Waals surface area contributed by atoms with E-state index in [4.69, 9.17) is 20.9 Å². The molecule has 1 aromatic rings. The quantitative estimate of drug-likeness (QED) is 0.776. The van der Waals surface area contributed by atoms with Gasteiger partial charge in [-0.25, -0.2) is 0 Å². The molecular formula is C12H16N2O4. The van der Waals surface area contributed by atoms with E-state index in [0.717, 1.165) is 0 Å². The lowest BCUT2D eigenvalue weighted by Crippen LogP contribution is -2.18. The van der Waals surface area contributed by atoms with E-state index in [9.17, 15) is 9.59 Å². The van der Waals surface area contributed by atoms with Crippen LogP contribution in [0.15, 0.2) is 12.1 Å². The first-order chi connectivity index (χ1) is 8.52. The van der Waals surface area contributed by atoms with Crippen molar-refractivity contribution in [3.05, 3.63) is 23.3 Å². The molecule has 0 saturated carbocycles. The average Bonchev–Trinajstić information content (AvgIpc) is 2.30. The highest BCUT2D eigenvalue weighted by Crippen LogP contribution is 2.35. The van der Waals surface area contributed by atoms with Crippen LogP contribution in [0.25, 0.3) is 0 Å². The van der Waals surface area contributed by atoms with E-state index in [0.29, 0.717) is 13.2 Å². The Labute approximate surface area is 105 Å². The van der Waals surface area contributed by atoms with Gasteiger partial charge in [0, 0.05) is 0 Å². The highest BCUT2D eigenvalue weighted by Gasteiger charge is 2.21. The van der Waals surface area contributed by atoms with Crippen LogP contribution in [-0.2, 0) is 0 Å². The van der Waals surface area contributed by atoms with Crippen molar-refractivity contribution < 1.29 is 19.1 Å². The molecule has 0 aliphatic carbocycles. The van der Waals surface area contributed by atoms with Crippen molar-refractivity contribution in [2.75, 3.05) is 13.2 Å². The zero-order valence-corrected chi connectivity index (χ0v) is 10.4. The van der Waals surface area contributed by atoms with Crippen molar-refractivity contribution in [3.63, 3.8) is 0 Å². The second-order valence-corrected chi connectivity index (χ2v) is 3.41. The Kier molecular flexibility index (Phi) is 4.53. The van der Waals surface area contributed by atoms with Gasteiger partial charge in [-0.3, -0.25) is 9.59 Å². The molecule has 4 N–H and O–H groups in total. The van der Waals surface area contributed by atoms with Crippen molar-refractivity contribution in [1.29, 1.82) is 0 Å². The lowest BCUT2D eigenvalue weighted by molar-refractivity contribution is 0.0980. The van der Waals surface area contributed by atoms with Crippen LogP contribution in [0.4, 0.5) is 0 Å². The molecule has 1 rings (SSSR count). The van der Waals surface area contributed by atoms with E-state index in [1.165, 1.54) is 12.1 Å². The molecule has 0 spiro atoms. The molecule has 0 atom stereocenters. The number of nitrogens with two attached hydrogens (primary N) is 2. The van der Waals surface area contributed by atoms with Crippen LogP contribution in [-0.4, -0.2) is 25.0 Å². The Morgan fingerprint density at radius 2 is 1.28 bits per heavy atom. The Morgan fingerprint density at radius 1 is 0.944 bits per heavy atom.